The van der Waals surface area contributed by atoms with Crippen LogP contribution in [0.3, 0.4) is 0 Å². The van der Waals surface area contributed by atoms with Crippen molar-refractivity contribution >= 4 is 22.8 Å². The maximum atomic E-state index is 7.47. The summed E-state index contributed by atoms with van der Waals surface area (Å²) < 4.78 is 0. The number of nitrogens with two attached hydrogens (primary N) is 1. The molecule has 13 heavy (non-hydrogen) atoms. The Morgan fingerprint density at radius 2 is 2.00 bits per heavy atom. The van der Waals surface area contributed by atoms with Gasteiger partial charge < -0.3 is 11.1 Å². The molecule has 0 fully saturated rings. The summed E-state index contributed by atoms with van der Waals surface area (Å²) in [7, 11) is 0. The summed E-state index contributed by atoms with van der Waals surface area (Å²) in [5, 5.41) is 7.47. The van der Waals surface area contributed by atoms with Crippen molar-refractivity contribution in [1.29, 1.82) is 5.41 Å². The second kappa shape index (κ2) is 2.63. The van der Waals surface area contributed by atoms with E-state index in [0.29, 0.717) is 11.4 Å². The van der Waals surface area contributed by atoms with Gasteiger partial charge in [0.15, 0.2) is 0 Å². The second-order valence-corrected chi connectivity index (χ2v) is 2.92. The molecule has 0 amide bonds. The van der Waals surface area contributed by atoms with Gasteiger partial charge in [-0.25, -0.2) is 11.0 Å². The standard InChI is InChI=1S/C8H10N4O/c1-4(9)5-2-7-8(3-6(5)10)12-13-11-7/h2-3,9,11-12H,10H2,1H3. The topological polar surface area (TPSA) is 83.2 Å². The highest BCUT2D eigenvalue weighted by atomic mass is 16.8. The molecule has 0 bridgehead atoms. The minimum Gasteiger partial charge on any atom is -0.398 e. The molecule has 0 aliphatic carbocycles. The molecule has 1 aliphatic heterocycles. The third kappa shape index (κ3) is 1.19. The maximum Gasteiger partial charge on any atom is 0.0905 e. The van der Waals surface area contributed by atoms with E-state index in [1.165, 1.54) is 0 Å². The summed E-state index contributed by atoms with van der Waals surface area (Å²) in [6.07, 6.45) is 0. The zero-order valence-electron chi connectivity index (χ0n) is 7.14. The fourth-order valence-corrected chi connectivity index (χ4v) is 1.25. The average Bonchev–Trinajstić information content (AvgIpc) is 2.48. The van der Waals surface area contributed by atoms with Gasteiger partial charge in [-0.1, -0.05) is 0 Å². The fraction of sp³-hybridized carbons (Fsp3) is 0.125. The number of hydrogen-bond acceptors (Lipinski definition) is 5. The van der Waals surface area contributed by atoms with Crippen LogP contribution in [0.4, 0.5) is 17.1 Å². The van der Waals surface area contributed by atoms with Gasteiger partial charge in [0.1, 0.15) is 0 Å². The number of hydrogen-bond donors (Lipinski definition) is 4. The van der Waals surface area contributed by atoms with Gasteiger partial charge in [0.2, 0.25) is 0 Å². The first-order valence-corrected chi connectivity index (χ1v) is 3.85. The van der Waals surface area contributed by atoms with E-state index >= 15 is 0 Å². The largest absolute Gasteiger partial charge is 0.398 e. The van der Waals surface area contributed by atoms with E-state index in [-0.39, 0.29) is 0 Å². The molecule has 1 aliphatic rings. The van der Waals surface area contributed by atoms with Gasteiger partial charge in [-0.05, 0) is 19.1 Å². The molecule has 2 rings (SSSR count). The van der Waals surface area contributed by atoms with Crippen LogP contribution in [0.1, 0.15) is 12.5 Å². The van der Waals surface area contributed by atoms with Crippen LogP contribution in [0.15, 0.2) is 12.1 Å². The number of nitrogens with one attached hydrogen (secondary N) is 3. The summed E-state index contributed by atoms with van der Waals surface area (Å²) in [5.41, 5.74) is 14.4. The highest BCUT2D eigenvalue weighted by Crippen LogP contribution is 2.31. The van der Waals surface area contributed by atoms with E-state index < -0.39 is 0 Å². The normalized spacial score (nSPS) is 13.0. The molecule has 68 valence electrons. The Labute approximate surface area is 75.3 Å². The van der Waals surface area contributed by atoms with Gasteiger partial charge in [0, 0.05) is 17.0 Å². The lowest BCUT2D eigenvalue weighted by molar-refractivity contribution is 0.282. The van der Waals surface area contributed by atoms with Crippen molar-refractivity contribution < 1.29 is 4.94 Å². The predicted octanol–water partition coefficient (Wildman–Crippen LogP) is 1.34. The van der Waals surface area contributed by atoms with E-state index in [1.54, 1.807) is 19.1 Å². The molecule has 1 aromatic rings. The van der Waals surface area contributed by atoms with Crippen molar-refractivity contribution in [3.8, 4) is 0 Å². The van der Waals surface area contributed by atoms with E-state index in [0.717, 1.165) is 16.9 Å². The number of anilines is 3. The summed E-state index contributed by atoms with van der Waals surface area (Å²) in [6, 6.07) is 3.52. The molecule has 0 spiro atoms. The molecule has 0 radical (unpaired) electrons. The number of nitrogen functional groups attached to an aromatic ring is 1. The van der Waals surface area contributed by atoms with E-state index in [9.17, 15) is 0 Å². The Hall–Kier alpha value is -1.75. The van der Waals surface area contributed by atoms with Crippen LogP contribution in [0, 0.1) is 5.41 Å². The lowest BCUT2D eigenvalue weighted by Gasteiger charge is -2.05. The number of fused-ring (bicyclic) bond motifs is 1. The van der Waals surface area contributed by atoms with E-state index in [1.807, 2.05) is 0 Å². The molecule has 0 saturated carbocycles. The number of benzene rings is 1. The summed E-state index contributed by atoms with van der Waals surface area (Å²) in [4.78, 5) is 4.78. The summed E-state index contributed by atoms with van der Waals surface area (Å²) in [5.74, 6) is 0. The van der Waals surface area contributed by atoms with Crippen molar-refractivity contribution in [1.82, 2.24) is 0 Å². The molecule has 0 saturated heterocycles. The Morgan fingerprint density at radius 3 is 2.62 bits per heavy atom. The first-order chi connectivity index (χ1) is 6.18. The van der Waals surface area contributed by atoms with Gasteiger partial charge >= 0.3 is 0 Å². The van der Waals surface area contributed by atoms with Crippen LogP contribution < -0.4 is 16.7 Å². The zero-order chi connectivity index (χ0) is 9.42. The van der Waals surface area contributed by atoms with Crippen LogP contribution in [0.25, 0.3) is 0 Å². The van der Waals surface area contributed by atoms with E-state index in [4.69, 9.17) is 16.1 Å². The zero-order valence-corrected chi connectivity index (χ0v) is 7.14. The molecule has 1 heterocycles. The van der Waals surface area contributed by atoms with Crippen molar-refractivity contribution in [2.75, 3.05) is 16.7 Å². The highest BCUT2D eigenvalue weighted by Gasteiger charge is 2.13. The number of rotatable bonds is 1. The van der Waals surface area contributed by atoms with Crippen LogP contribution in [-0.2, 0) is 4.94 Å². The van der Waals surface area contributed by atoms with Gasteiger partial charge in [-0.15, -0.1) is 0 Å². The Kier molecular flexibility index (Phi) is 1.60. The first kappa shape index (κ1) is 7.88. The molecule has 0 aromatic heterocycles. The molecule has 0 unspecified atom stereocenters. The van der Waals surface area contributed by atoms with Gasteiger partial charge in [0.05, 0.1) is 11.4 Å². The summed E-state index contributed by atoms with van der Waals surface area (Å²) >= 11 is 0. The van der Waals surface area contributed by atoms with Crippen LogP contribution in [-0.4, -0.2) is 5.71 Å². The smallest absolute Gasteiger partial charge is 0.0905 e. The van der Waals surface area contributed by atoms with Crippen molar-refractivity contribution in [3.05, 3.63) is 17.7 Å². The van der Waals surface area contributed by atoms with Crippen LogP contribution in [0.2, 0.25) is 0 Å². The minimum atomic E-state index is 0.439. The molecule has 0 atom stereocenters. The minimum absolute atomic E-state index is 0.439. The van der Waals surface area contributed by atoms with Crippen molar-refractivity contribution in [3.63, 3.8) is 0 Å². The third-order valence-electron chi connectivity index (χ3n) is 1.92. The van der Waals surface area contributed by atoms with E-state index in [2.05, 4.69) is 11.0 Å². The first-order valence-electron chi connectivity index (χ1n) is 3.85. The molecule has 5 nitrogen and oxygen atoms in total. The van der Waals surface area contributed by atoms with Gasteiger partial charge in [-0.3, -0.25) is 0 Å². The Balaban J connectivity index is 2.55. The molecular formula is C8H10N4O. The van der Waals surface area contributed by atoms with Crippen LogP contribution in [0.5, 0.6) is 0 Å². The monoisotopic (exact) mass is 178 g/mol. The third-order valence-corrected chi connectivity index (χ3v) is 1.92. The quantitative estimate of drug-likeness (QED) is 0.386. The fourth-order valence-electron chi connectivity index (χ4n) is 1.25. The average molecular weight is 178 g/mol. The Morgan fingerprint density at radius 1 is 1.38 bits per heavy atom. The second-order valence-electron chi connectivity index (χ2n) is 2.92. The van der Waals surface area contributed by atoms with Gasteiger partial charge in [0.25, 0.3) is 0 Å². The maximum absolute atomic E-state index is 7.47. The highest BCUT2D eigenvalue weighted by molar-refractivity contribution is 6.03. The predicted molar refractivity (Wildman–Crippen MR) is 51.7 cm³/mol. The van der Waals surface area contributed by atoms with Crippen molar-refractivity contribution in [2.24, 2.45) is 0 Å². The summed E-state index contributed by atoms with van der Waals surface area (Å²) in [6.45, 7) is 1.70. The Bertz CT molecular complexity index is 375. The molecule has 5 N–H and O–H groups in total. The van der Waals surface area contributed by atoms with Crippen LogP contribution >= 0.6 is 0 Å². The SMILES string of the molecule is CC(=N)c1cc2c(cc1N)NON2. The molecular weight excluding hydrogens is 168 g/mol. The lowest BCUT2D eigenvalue weighted by Crippen LogP contribution is -1.99. The lowest BCUT2D eigenvalue weighted by atomic mass is 10.1. The molecule has 1 aromatic carbocycles. The molecule has 5 heteroatoms. The van der Waals surface area contributed by atoms with Crippen molar-refractivity contribution in [2.45, 2.75) is 6.92 Å². The van der Waals surface area contributed by atoms with Gasteiger partial charge in [-0.2, -0.15) is 4.94 Å².